The lowest BCUT2D eigenvalue weighted by atomic mass is 9.83. The largest absolute Gasteiger partial charge is 0.292 e. The van der Waals surface area contributed by atoms with Gasteiger partial charge in [0, 0.05) is 16.7 Å². The second-order valence-electron chi connectivity index (χ2n) is 17.7. The normalized spacial score (nSPS) is 11.4. The molecule has 0 unspecified atom stereocenters. The number of nitrogens with one attached hydrogen (secondary N) is 1. The van der Waals surface area contributed by atoms with Gasteiger partial charge in [0.05, 0.1) is 16.7 Å². The number of hydrogen-bond donors (Lipinski definition) is 1. The van der Waals surface area contributed by atoms with Gasteiger partial charge < -0.3 is 0 Å². The molecule has 0 saturated carbocycles. The van der Waals surface area contributed by atoms with Crippen molar-refractivity contribution in [2.24, 2.45) is 0 Å². The van der Waals surface area contributed by atoms with Crippen molar-refractivity contribution in [2.45, 2.75) is 0 Å². The molecule has 2 aromatic heterocycles. The van der Waals surface area contributed by atoms with Crippen molar-refractivity contribution in [3.05, 3.63) is 255 Å². The summed E-state index contributed by atoms with van der Waals surface area (Å²) in [4.78, 5) is 15.2. The van der Waals surface area contributed by atoms with Crippen molar-refractivity contribution in [1.82, 2.24) is 24.7 Å². The molecule has 0 fully saturated rings. The molecule has 0 aliphatic heterocycles. The van der Waals surface area contributed by atoms with Crippen LogP contribution >= 0.6 is 0 Å². The maximum Gasteiger partial charge on any atom is 0.164 e. The minimum Gasteiger partial charge on any atom is -0.292 e. The van der Waals surface area contributed by atoms with Crippen molar-refractivity contribution < 1.29 is 0 Å². The van der Waals surface area contributed by atoms with Gasteiger partial charge in [-0.3, -0.25) is 9.78 Å². The zero-order chi connectivity index (χ0) is 46.4. The molecule has 0 aliphatic rings. The highest BCUT2D eigenvalue weighted by atomic mass is 15.3. The first-order valence-electron chi connectivity index (χ1n) is 23.7. The number of benzene rings is 11. The van der Waals surface area contributed by atoms with Crippen LogP contribution in [0.5, 0.6) is 0 Å². The third-order valence-corrected chi connectivity index (χ3v) is 13.5. The summed E-state index contributed by atoms with van der Waals surface area (Å²) < 4.78 is 2.12. The summed E-state index contributed by atoms with van der Waals surface area (Å²) in [6.07, 6.45) is 0. The molecule has 1 N–H and O–H groups in total. The molecular formula is C65H43N5. The van der Waals surface area contributed by atoms with Gasteiger partial charge in [0.1, 0.15) is 0 Å². The maximum absolute atomic E-state index is 5.11. The minimum atomic E-state index is 0.621. The van der Waals surface area contributed by atoms with Crippen molar-refractivity contribution in [1.29, 1.82) is 0 Å². The maximum atomic E-state index is 5.11. The molecule has 0 amide bonds. The molecule has 328 valence electrons. The second kappa shape index (κ2) is 17.3. The number of aromatic nitrogens is 5. The SMILES string of the molecule is c1ccc(-c2ccc(-c3nc(-c4ccccc4)nc(-c4ccc(-c5ccc6ccccc6c5-c5c(-c6ccc(-c7ccc8c(c7)[nH]n8-c7ccccc7)cc6)ccc6ccccc56)cc4)n3)cc2)cc1. The topological polar surface area (TPSA) is 59.4 Å². The molecule has 13 rings (SSSR count). The Morgan fingerprint density at radius 2 is 0.657 bits per heavy atom. The number of aromatic amines is 1. The number of rotatable bonds is 9. The van der Waals surface area contributed by atoms with E-state index in [0.29, 0.717) is 17.5 Å². The fourth-order valence-corrected chi connectivity index (χ4v) is 9.91. The van der Waals surface area contributed by atoms with Crippen LogP contribution in [0.1, 0.15) is 0 Å². The number of H-pyrrole nitrogens is 1. The monoisotopic (exact) mass is 893 g/mol. The number of fused-ring (bicyclic) bond motifs is 3. The predicted molar refractivity (Wildman–Crippen MR) is 290 cm³/mol. The summed E-state index contributed by atoms with van der Waals surface area (Å²) >= 11 is 0. The van der Waals surface area contributed by atoms with Gasteiger partial charge in [-0.15, -0.1) is 0 Å². The third-order valence-electron chi connectivity index (χ3n) is 13.5. The fourth-order valence-electron chi connectivity index (χ4n) is 9.91. The van der Waals surface area contributed by atoms with Gasteiger partial charge in [0.25, 0.3) is 0 Å². The quantitative estimate of drug-likeness (QED) is 0.157. The summed E-state index contributed by atoms with van der Waals surface area (Å²) in [6, 6.07) is 90.5. The van der Waals surface area contributed by atoms with Crippen LogP contribution in [-0.2, 0) is 0 Å². The highest BCUT2D eigenvalue weighted by Crippen LogP contribution is 2.46. The number of hydrogen-bond acceptors (Lipinski definition) is 3. The lowest BCUT2D eigenvalue weighted by molar-refractivity contribution is 0.870. The van der Waals surface area contributed by atoms with Gasteiger partial charge in [0.15, 0.2) is 17.5 Å². The molecule has 2 heterocycles. The van der Waals surface area contributed by atoms with Gasteiger partial charge in [-0.1, -0.05) is 231 Å². The van der Waals surface area contributed by atoms with E-state index in [1.54, 1.807) is 0 Å². The number of para-hydroxylation sites is 1. The highest BCUT2D eigenvalue weighted by Gasteiger charge is 2.20. The van der Waals surface area contributed by atoms with E-state index in [0.717, 1.165) is 50.1 Å². The smallest absolute Gasteiger partial charge is 0.164 e. The Hall–Kier alpha value is -9.45. The first kappa shape index (κ1) is 40.8. The van der Waals surface area contributed by atoms with E-state index in [4.69, 9.17) is 15.0 Å². The Morgan fingerprint density at radius 3 is 1.16 bits per heavy atom. The lowest BCUT2D eigenvalue weighted by Gasteiger charge is -2.20. The molecule has 0 bridgehead atoms. The van der Waals surface area contributed by atoms with Gasteiger partial charge in [-0.05, 0) is 101 Å². The molecule has 0 saturated heterocycles. The lowest BCUT2D eigenvalue weighted by Crippen LogP contribution is -2.07. The van der Waals surface area contributed by atoms with Crippen LogP contribution in [0.15, 0.2) is 255 Å². The van der Waals surface area contributed by atoms with Crippen LogP contribution in [0.3, 0.4) is 0 Å². The van der Waals surface area contributed by atoms with E-state index >= 15 is 0 Å². The van der Waals surface area contributed by atoms with Crippen LogP contribution in [0.25, 0.3) is 128 Å². The minimum absolute atomic E-state index is 0.621. The van der Waals surface area contributed by atoms with Crippen molar-refractivity contribution in [3.63, 3.8) is 0 Å². The average Bonchev–Trinajstić information content (AvgIpc) is 3.43. The Balaban J connectivity index is 0.900. The van der Waals surface area contributed by atoms with Crippen molar-refractivity contribution in [2.75, 3.05) is 0 Å². The summed E-state index contributed by atoms with van der Waals surface area (Å²) in [5.41, 5.74) is 17.9. The van der Waals surface area contributed by atoms with Crippen LogP contribution in [0.4, 0.5) is 0 Å². The van der Waals surface area contributed by atoms with Crippen LogP contribution < -0.4 is 0 Å². The van der Waals surface area contributed by atoms with Gasteiger partial charge in [-0.25, -0.2) is 15.0 Å². The van der Waals surface area contributed by atoms with Gasteiger partial charge in [0.2, 0.25) is 0 Å². The van der Waals surface area contributed by atoms with E-state index in [1.807, 2.05) is 42.5 Å². The summed E-state index contributed by atoms with van der Waals surface area (Å²) in [7, 11) is 0. The molecular weight excluding hydrogens is 851 g/mol. The van der Waals surface area contributed by atoms with Crippen LogP contribution in [0, 0.1) is 0 Å². The first-order valence-corrected chi connectivity index (χ1v) is 23.7. The molecule has 5 heteroatoms. The van der Waals surface area contributed by atoms with Gasteiger partial charge >= 0.3 is 0 Å². The second-order valence-corrected chi connectivity index (χ2v) is 17.7. The zero-order valence-corrected chi connectivity index (χ0v) is 38.0. The molecule has 0 aliphatic carbocycles. The molecule has 0 atom stereocenters. The Kier molecular flexibility index (Phi) is 10.1. The summed E-state index contributed by atoms with van der Waals surface area (Å²) in [6.45, 7) is 0. The Bertz CT molecular complexity index is 4010. The van der Waals surface area contributed by atoms with E-state index in [-0.39, 0.29) is 0 Å². The summed E-state index contributed by atoms with van der Waals surface area (Å²) in [5.74, 6) is 1.88. The zero-order valence-electron chi connectivity index (χ0n) is 38.0. The molecule has 11 aromatic carbocycles. The Labute approximate surface area is 405 Å². The predicted octanol–water partition coefficient (Wildman–Crippen LogP) is 16.8. The van der Waals surface area contributed by atoms with Gasteiger partial charge in [-0.2, -0.15) is 0 Å². The van der Waals surface area contributed by atoms with E-state index < -0.39 is 0 Å². The van der Waals surface area contributed by atoms with E-state index in [2.05, 4.69) is 222 Å². The van der Waals surface area contributed by atoms with Crippen molar-refractivity contribution >= 4 is 32.6 Å². The molecule has 13 aromatic rings. The molecule has 0 spiro atoms. The van der Waals surface area contributed by atoms with E-state index in [9.17, 15) is 0 Å². The van der Waals surface area contributed by atoms with E-state index in [1.165, 1.54) is 60.4 Å². The Morgan fingerprint density at radius 1 is 0.286 bits per heavy atom. The fraction of sp³-hybridized carbons (Fsp3) is 0. The van der Waals surface area contributed by atoms with Crippen LogP contribution in [0.2, 0.25) is 0 Å². The number of nitrogens with zero attached hydrogens (tertiary/aromatic N) is 4. The third kappa shape index (κ3) is 7.43. The molecule has 70 heavy (non-hydrogen) atoms. The molecule has 5 nitrogen and oxygen atoms in total. The first-order chi connectivity index (χ1) is 34.7. The van der Waals surface area contributed by atoms with Crippen LogP contribution in [-0.4, -0.2) is 24.7 Å². The standard InChI is InChI=1S/C65H43N5/c1-4-14-43(15-5-1)44-26-32-51(33-27-44)64-66-63(50-18-6-2-7-19-50)67-65(68-64)52-34-30-49(31-35-52)58-40-37-47-17-11-13-23-56(47)62(58)61-55-22-12-10-16-46(55)36-39-57(61)48-28-24-45(25-29-48)53-38-41-60-59(42-53)69-70(60)54-20-8-3-9-21-54/h1-42,69H. The average molecular weight is 894 g/mol. The molecule has 0 radical (unpaired) electrons. The highest BCUT2D eigenvalue weighted by molar-refractivity contribution is 6.15. The van der Waals surface area contributed by atoms with Crippen molar-refractivity contribution in [3.8, 4) is 95.5 Å². The summed E-state index contributed by atoms with van der Waals surface area (Å²) in [5, 5.41) is 8.31.